The average Bonchev–Trinajstić information content (AvgIpc) is 2.75. The molecule has 0 unspecified atom stereocenters. The van der Waals surface area contributed by atoms with E-state index in [-0.39, 0.29) is 11.7 Å². The van der Waals surface area contributed by atoms with E-state index < -0.39 is 0 Å². The van der Waals surface area contributed by atoms with Gasteiger partial charge in [-0.25, -0.2) is 4.39 Å². The first-order chi connectivity index (χ1) is 14.6. The average molecular weight is 460 g/mol. The first-order valence-corrected chi connectivity index (χ1v) is 11.3. The number of hydrogen-bond acceptors (Lipinski definition) is 2. The summed E-state index contributed by atoms with van der Waals surface area (Å²) in [7, 11) is 0. The predicted octanol–water partition coefficient (Wildman–Crippen LogP) is 6.72. The Morgan fingerprint density at radius 3 is 2.37 bits per heavy atom. The molecular weight excluding hydrogens is 440 g/mol. The van der Waals surface area contributed by atoms with Gasteiger partial charge < -0.3 is 5.32 Å². The van der Waals surface area contributed by atoms with Crippen LogP contribution in [0.1, 0.15) is 16.7 Å². The van der Waals surface area contributed by atoms with Crippen LogP contribution in [0.3, 0.4) is 0 Å². The molecule has 30 heavy (non-hydrogen) atoms. The van der Waals surface area contributed by atoms with Crippen LogP contribution in [0.2, 0.25) is 10.0 Å². The molecule has 3 aromatic carbocycles. The molecule has 0 atom stereocenters. The Hall–Kier alpha value is -2.27. The summed E-state index contributed by atoms with van der Waals surface area (Å²) in [5.41, 5.74) is 2.60. The molecule has 1 amide bonds. The molecule has 1 N–H and O–H groups in total. The summed E-state index contributed by atoms with van der Waals surface area (Å²) in [6.45, 7) is 0.447. The van der Waals surface area contributed by atoms with E-state index in [1.165, 1.54) is 17.8 Å². The molecular formula is C24H20Cl2FNOS. The van der Waals surface area contributed by atoms with Crippen molar-refractivity contribution in [3.63, 3.8) is 0 Å². The topological polar surface area (TPSA) is 29.1 Å². The molecule has 0 heterocycles. The molecule has 154 valence electrons. The van der Waals surface area contributed by atoms with Crippen LogP contribution in [0.4, 0.5) is 4.39 Å². The lowest BCUT2D eigenvalue weighted by molar-refractivity contribution is -0.115. The fraction of sp³-hybridized carbons (Fsp3) is 0.125. The minimum absolute atomic E-state index is 0.189. The van der Waals surface area contributed by atoms with Gasteiger partial charge in [-0.3, -0.25) is 4.79 Å². The van der Waals surface area contributed by atoms with Crippen LogP contribution in [0.15, 0.2) is 72.8 Å². The number of halogens is 3. The highest BCUT2D eigenvalue weighted by molar-refractivity contribution is 7.98. The van der Waals surface area contributed by atoms with Gasteiger partial charge in [-0.05, 0) is 35.4 Å². The summed E-state index contributed by atoms with van der Waals surface area (Å²) in [5, 5.41) is 3.94. The predicted molar refractivity (Wildman–Crippen MR) is 126 cm³/mol. The van der Waals surface area contributed by atoms with E-state index in [4.69, 9.17) is 23.2 Å². The fourth-order valence-electron chi connectivity index (χ4n) is 2.82. The molecule has 2 nitrogen and oxygen atoms in total. The maximum absolute atomic E-state index is 13.8. The van der Waals surface area contributed by atoms with E-state index in [1.54, 1.807) is 24.3 Å². The molecule has 0 aromatic heterocycles. The van der Waals surface area contributed by atoms with E-state index in [0.717, 1.165) is 11.1 Å². The van der Waals surface area contributed by atoms with Crippen molar-refractivity contribution in [3.05, 3.63) is 105 Å². The number of hydrogen-bond donors (Lipinski definition) is 1. The van der Waals surface area contributed by atoms with Gasteiger partial charge in [0.1, 0.15) is 5.82 Å². The zero-order valence-electron chi connectivity index (χ0n) is 16.1. The zero-order valence-corrected chi connectivity index (χ0v) is 18.4. The first kappa shape index (κ1) is 22.4. The van der Waals surface area contributed by atoms with Crippen LogP contribution in [-0.2, 0) is 10.5 Å². The largest absolute Gasteiger partial charge is 0.351 e. The van der Waals surface area contributed by atoms with Gasteiger partial charge >= 0.3 is 0 Å². The van der Waals surface area contributed by atoms with Gasteiger partial charge in [0.05, 0.1) is 0 Å². The van der Waals surface area contributed by atoms with Crippen molar-refractivity contribution in [2.24, 2.45) is 0 Å². The van der Waals surface area contributed by atoms with Crippen LogP contribution < -0.4 is 5.32 Å². The minimum Gasteiger partial charge on any atom is -0.351 e. The van der Waals surface area contributed by atoms with Gasteiger partial charge in [0, 0.05) is 39.2 Å². The van der Waals surface area contributed by atoms with Crippen molar-refractivity contribution in [1.82, 2.24) is 5.32 Å². The Morgan fingerprint density at radius 2 is 1.63 bits per heavy atom. The lowest BCUT2D eigenvalue weighted by Crippen LogP contribution is -2.26. The van der Waals surface area contributed by atoms with Gasteiger partial charge in [0.15, 0.2) is 0 Å². The molecule has 6 heteroatoms. The van der Waals surface area contributed by atoms with Gasteiger partial charge in [0.25, 0.3) is 5.91 Å². The van der Waals surface area contributed by atoms with Crippen molar-refractivity contribution >= 4 is 52.5 Å². The normalized spacial score (nSPS) is 11.4. The summed E-state index contributed by atoms with van der Waals surface area (Å²) in [4.78, 5) is 12.9. The molecule has 0 radical (unpaired) electrons. The Labute approximate surface area is 190 Å². The van der Waals surface area contributed by atoms with Crippen LogP contribution in [0, 0.1) is 5.82 Å². The van der Waals surface area contributed by atoms with Gasteiger partial charge in [-0.2, -0.15) is 11.8 Å². The highest BCUT2D eigenvalue weighted by atomic mass is 35.5. The molecule has 0 fully saturated rings. The second-order valence-corrected chi connectivity index (χ2v) is 8.37. The van der Waals surface area contributed by atoms with Crippen molar-refractivity contribution in [1.29, 1.82) is 0 Å². The monoisotopic (exact) mass is 459 g/mol. The van der Waals surface area contributed by atoms with E-state index in [2.05, 4.69) is 5.32 Å². The summed E-state index contributed by atoms with van der Waals surface area (Å²) >= 11 is 13.8. The Balaban J connectivity index is 1.64. The second kappa shape index (κ2) is 11.2. The Morgan fingerprint density at radius 1 is 0.933 bits per heavy atom. The first-order valence-electron chi connectivity index (χ1n) is 9.36. The Bertz CT molecular complexity index is 1020. The van der Waals surface area contributed by atoms with Crippen LogP contribution in [-0.4, -0.2) is 18.2 Å². The third-order valence-corrected chi connectivity index (χ3v) is 6.06. The molecule has 3 rings (SSSR count). The fourth-order valence-corrected chi connectivity index (χ4v) is 4.21. The molecule has 0 saturated heterocycles. The number of thioether (sulfide) groups is 1. The van der Waals surface area contributed by atoms with E-state index in [0.29, 0.717) is 39.2 Å². The van der Waals surface area contributed by atoms with Gasteiger partial charge in [0.2, 0.25) is 0 Å². The maximum Gasteiger partial charge on any atom is 0.251 e. The Kier molecular flexibility index (Phi) is 8.38. The van der Waals surface area contributed by atoms with Crippen LogP contribution >= 0.6 is 35.0 Å². The van der Waals surface area contributed by atoms with Crippen molar-refractivity contribution in [2.45, 2.75) is 5.75 Å². The highest BCUT2D eigenvalue weighted by Gasteiger charge is 2.13. The third-order valence-electron chi connectivity index (χ3n) is 4.37. The van der Waals surface area contributed by atoms with E-state index in [1.807, 2.05) is 48.5 Å². The third kappa shape index (κ3) is 6.11. The lowest BCUT2D eigenvalue weighted by atomic mass is 10.0. The summed E-state index contributed by atoms with van der Waals surface area (Å²) in [6.07, 6.45) is 1.79. The van der Waals surface area contributed by atoms with E-state index >= 15 is 0 Å². The zero-order chi connectivity index (χ0) is 21.3. The second-order valence-electron chi connectivity index (χ2n) is 6.45. The van der Waals surface area contributed by atoms with Crippen LogP contribution in [0.25, 0.3) is 11.6 Å². The highest BCUT2D eigenvalue weighted by Crippen LogP contribution is 2.25. The summed E-state index contributed by atoms with van der Waals surface area (Å²) in [5.74, 6) is 0.575. The maximum atomic E-state index is 13.8. The molecule has 0 spiro atoms. The molecule has 0 aliphatic carbocycles. The van der Waals surface area contributed by atoms with Crippen LogP contribution in [0.5, 0.6) is 0 Å². The summed E-state index contributed by atoms with van der Waals surface area (Å²) in [6, 6.07) is 21.5. The molecule has 0 aliphatic heterocycles. The van der Waals surface area contributed by atoms with Crippen molar-refractivity contribution < 1.29 is 9.18 Å². The molecule has 3 aromatic rings. The van der Waals surface area contributed by atoms with Crippen molar-refractivity contribution in [3.8, 4) is 0 Å². The quantitative estimate of drug-likeness (QED) is 0.230. The molecule has 0 saturated carbocycles. The molecule has 0 aliphatic rings. The summed E-state index contributed by atoms with van der Waals surface area (Å²) < 4.78 is 13.8. The standard InChI is InChI=1S/C24H20Cl2FNOS/c25-21-10-5-4-9-18(21)15-19(17-7-2-1-3-8-17)24(29)28-13-14-30-16-20-22(26)11-6-12-23(20)27/h1-12,15H,13-14,16H2,(H,28,29)/b19-15+. The van der Waals surface area contributed by atoms with Gasteiger partial charge in [-0.15, -0.1) is 0 Å². The smallest absolute Gasteiger partial charge is 0.251 e. The number of carbonyl (C=O) groups is 1. The lowest BCUT2D eigenvalue weighted by Gasteiger charge is -2.11. The molecule has 0 bridgehead atoms. The SMILES string of the molecule is O=C(NCCSCc1c(F)cccc1Cl)/C(=C/c1ccccc1Cl)c1ccccc1. The number of amides is 1. The van der Waals surface area contributed by atoms with Gasteiger partial charge in [-0.1, -0.05) is 77.8 Å². The number of nitrogens with one attached hydrogen (secondary N) is 1. The van der Waals surface area contributed by atoms with E-state index in [9.17, 15) is 9.18 Å². The number of rotatable bonds is 8. The van der Waals surface area contributed by atoms with Crippen molar-refractivity contribution in [2.75, 3.05) is 12.3 Å². The number of carbonyl (C=O) groups excluding carboxylic acids is 1. The minimum atomic E-state index is -0.312. The number of benzene rings is 3.